The van der Waals surface area contributed by atoms with Gasteiger partial charge in [-0.15, -0.1) is 0 Å². The average Bonchev–Trinajstić information content (AvgIpc) is 2.45. The van der Waals surface area contributed by atoms with Crippen LogP contribution in [0.5, 0.6) is 0 Å². The van der Waals surface area contributed by atoms with E-state index in [9.17, 15) is 0 Å². The molecule has 1 atom stereocenters. The zero-order chi connectivity index (χ0) is 11.5. The largest absolute Gasteiger partial charge is 0.392 e. The van der Waals surface area contributed by atoms with Gasteiger partial charge in [-0.05, 0) is 43.1 Å². The van der Waals surface area contributed by atoms with Crippen molar-refractivity contribution in [2.24, 2.45) is 11.3 Å². The lowest BCUT2D eigenvalue weighted by Gasteiger charge is -2.28. The van der Waals surface area contributed by atoms with Crippen LogP contribution in [0.4, 0.5) is 0 Å². The summed E-state index contributed by atoms with van der Waals surface area (Å²) in [5.74, 6) is 0.658. The van der Waals surface area contributed by atoms with Crippen LogP contribution in [0.1, 0.15) is 47.0 Å². The lowest BCUT2D eigenvalue weighted by molar-refractivity contribution is 0.275. The number of aliphatic hydroxyl groups is 1. The van der Waals surface area contributed by atoms with Gasteiger partial charge < -0.3 is 5.11 Å². The van der Waals surface area contributed by atoms with Crippen molar-refractivity contribution < 1.29 is 5.11 Å². The van der Waals surface area contributed by atoms with E-state index in [0.29, 0.717) is 11.3 Å². The first-order valence-corrected chi connectivity index (χ1v) is 5.96. The van der Waals surface area contributed by atoms with Gasteiger partial charge in [0.15, 0.2) is 0 Å². The molecule has 1 nitrogen and oxygen atoms in total. The molecule has 1 rings (SSSR count). The van der Waals surface area contributed by atoms with Gasteiger partial charge >= 0.3 is 0 Å². The Morgan fingerprint density at radius 2 is 2.27 bits per heavy atom. The molecule has 0 aromatic rings. The molecule has 1 N–H and O–H groups in total. The molecule has 0 unspecified atom stereocenters. The normalized spacial score (nSPS) is 25.5. The van der Waals surface area contributed by atoms with E-state index in [2.05, 4.69) is 39.8 Å². The van der Waals surface area contributed by atoms with Gasteiger partial charge in [-0.1, -0.05) is 38.5 Å². The monoisotopic (exact) mass is 208 g/mol. The maximum Gasteiger partial charge on any atom is 0.0641 e. The SMILES string of the molecule is CCC(=CC[C@H]1C(C)=CCC1(C)C)CO. The summed E-state index contributed by atoms with van der Waals surface area (Å²) in [5.41, 5.74) is 3.09. The Balaban J connectivity index is 2.65. The molecular weight excluding hydrogens is 184 g/mol. The van der Waals surface area contributed by atoms with Crippen LogP contribution in [-0.4, -0.2) is 11.7 Å². The smallest absolute Gasteiger partial charge is 0.0641 e. The van der Waals surface area contributed by atoms with Gasteiger partial charge in [0.05, 0.1) is 6.61 Å². The minimum absolute atomic E-state index is 0.215. The molecular formula is C14H24O. The highest BCUT2D eigenvalue weighted by Gasteiger charge is 2.33. The second-order valence-electron chi connectivity index (χ2n) is 5.30. The van der Waals surface area contributed by atoms with Crippen molar-refractivity contribution in [2.45, 2.75) is 47.0 Å². The van der Waals surface area contributed by atoms with E-state index in [0.717, 1.165) is 12.8 Å². The molecule has 0 amide bonds. The van der Waals surface area contributed by atoms with Crippen LogP contribution >= 0.6 is 0 Å². The molecule has 0 bridgehead atoms. The third kappa shape index (κ3) is 2.94. The van der Waals surface area contributed by atoms with E-state index < -0.39 is 0 Å². The highest BCUT2D eigenvalue weighted by atomic mass is 16.3. The molecule has 86 valence electrons. The van der Waals surface area contributed by atoms with Crippen LogP contribution in [0, 0.1) is 11.3 Å². The van der Waals surface area contributed by atoms with Gasteiger partial charge in [-0.2, -0.15) is 0 Å². The summed E-state index contributed by atoms with van der Waals surface area (Å²) in [6, 6.07) is 0. The van der Waals surface area contributed by atoms with Crippen molar-refractivity contribution in [3.63, 3.8) is 0 Å². The number of allylic oxidation sites excluding steroid dienone is 3. The molecule has 0 saturated carbocycles. The number of aliphatic hydroxyl groups excluding tert-OH is 1. The van der Waals surface area contributed by atoms with Crippen LogP contribution in [0.2, 0.25) is 0 Å². The first kappa shape index (κ1) is 12.5. The van der Waals surface area contributed by atoms with E-state index in [1.165, 1.54) is 17.6 Å². The minimum atomic E-state index is 0.215. The lowest BCUT2D eigenvalue weighted by Crippen LogP contribution is -2.19. The van der Waals surface area contributed by atoms with Crippen molar-refractivity contribution in [1.29, 1.82) is 0 Å². The topological polar surface area (TPSA) is 20.2 Å². The summed E-state index contributed by atoms with van der Waals surface area (Å²) in [5, 5.41) is 9.11. The molecule has 15 heavy (non-hydrogen) atoms. The van der Waals surface area contributed by atoms with Crippen molar-refractivity contribution in [1.82, 2.24) is 0 Å². The molecule has 0 fully saturated rings. The average molecular weight is 208 g/mol. The zero-order valence-corrected chi connectivity index (χ0v) is 10.5. The molecule has 1 aliphatic carbocycles. The third-order valence-corrected chi connectivity index (χ3v) is 3.74. The molecule has 0 radical (unpaired) electrons. The number of rotatable bonds is 4. The van der Waals surface area contributed by atoms with Gasteiger partial charge in [-0.25, -0.2) is 0 Å². The maximum atomic E-state index is 9.11. The Bertz CT molecular complexity index is 265. The first-order chi connectivity index (χ1) is 7.01. The summed E-state index contributed by atoms with van der Waals surface area (Å²) in [7, 11) is 0. The highest BCUT2D eigenvalue weighted by molar-refractivity contribution is 5.18. The van der Waals surface area contributed by atoms with Crippen molar-refractivity contribution in [2.75, 3.05) is 6.61 Å². The third-order valence-electron chi connectivity index (χ3n) is 3.74. The van der Waals surface area contributed by atoms with Crippen LogP contribution in [0.15, 0.2) is 23.3 Å². The molecule has 1 heteroatoms. The van der Waals surface area contributed by atoms with Gasteiger partial charge in [0.1, 0.15) is 0 Å². The maximum absolute atomic E-state index is 9.11. The second-order valence-corrected chi connectivity index (χ2v) is 5.30. The summed E-state index contributed by atoms with van der Waals surface area (Å²) in [4.78, 5) is 0. The van der Waals surface area contributed by atoms with Gasteiger partial charge in [0.2, 0.25) is 0 Å². The Hall–Kier alpha value is -0.560. The van der Waals surface area contributed by atoms with E-state index in [-0.39, 0.29) is 6.61 Å². The molecule has 0 aromatic heterocycles. The molecule has 0 heterocycles. The summed E-state index contributed by atoms with van der Waals surface area (Å²) < 4.78 is 0. The van der Waals surface area contributed by atoms with Gasteiger partial charge in [0.25, 0.3) is 0 Å². The number of hydrogen-bond acceptors (Lipinski definition) is 1. The quantitative estimate of drug-likeness (QED) is 0.698. The first-order valence-electron chi connectivity index (χ1n) is 5.96. The fraction of sp³-hybridized carbons (Fsp3) is 0.714. The van der Waals surface area contributed by atoms with Crippen molar-refractivity contribution in [3.8, 4) is 0 Å². The summed E-state index contributed by atoms with van der Waals surface area (Å²) >= 11 is 0. The Kier molecular flexibility index (Phi) is 4.15. The fourth-order valence-electron chi connectivity index (χ4n) is 2.44. The lowest BCUT2D eigenvalue weighted by atomic mass is 9.77. The number of hydrogen-bond donors (Lipinski definition) is 1. The van der Waals surface area contributed by atoms with Crippen LogP contribution in [0.3, 0.4) is 0 Å². The molecule has 1 aliphatic rings. The Labute approximate surface area is 93.9 Å². The van der Waals surface area contributed by atoms with E-state index >= 15 is 0 Å². The van der Waals surface area contributed by atoms with E-state index in [1.54, 1.807) is 0 Å². The minimum Gasteiger partial charge on any atom is -0.392 e. The molecule has 0 aromatic carbocycles. The van der Waals surface area contributed by atoms with Crippen LogP contribution in [0.25, 0.3) is 0 Å². The summed E-state index contributed by atoms with van der Waals surface area (Å²) in [6.07, 6.45) is 7.83. The molecule has 0 spiro atoms. The van der Waals surface area contributed by atoms with Crippen LogP contribution in [-0.2, 0) is 0 Å². The van der Waals surface area contributed by atoms with Gasteiger partial charge in [0, 0.05) is 0 Å². The predicted octanol–water partition coefficient (Wildman–Crippen LogP) is 3.70. The Morgan fingerprint density at radius 1 is 1.60 bits per heavy atom. The zero-order valence-electron chi connectivity index (χ0n) is 10.5. The Morgan fingerprint density at radius 3 is 2.67 bits per heavy atom. The molecule has 0 aliphatic heterocycles. The summed E-state index contributed by atoms with van der Waals surface area (Å²) in [6.45, 7) is 9.22. The predicted molar refractivity (Wildman–Crippen MR) is 65.7 cm³/mol. The fourth-order valence-corrected chi connectivity index (χ4v) is 2.44. The van der Waals surface area contributed by atoms with Crippen molar-refractivity contribution >= 4 is 0 Å². The highest BCUT2D eigenvalue weighted by Crippen LogP contribution is 2.44. The van der Waals surface area contributed by atoms with E-state index in [1.807, 2.05) is 0 Å². The van der Waals surface area contributed by atoms with E-state index in [4.69, 9.17) is 5.11 Å². The van der Waals surface area contributed by atoms with Crippen molar-refractivity contribution in [3.05, 3.63) is 23.3 Å². The van der Waals surface area contributed by atoms with Gasteiger partial charge in [-0.3, -0.25) is 0 Å². The standard InChI is InChI=1S/C14H24O/c1-5-12(10-15)6-7-13-11(2)8-9-14(13,3)4/h6,8,13,15H,5,7,9-10H2,1-4H3/t13-/m0/s1. The van der Waals surface area contributed by atoms with Crippen LogP contribution < -0.4 is 0 Å². The second kappa shape index (κ2) is 4.98. The molecule has 0 saturated heterocycles.